The third-order valence-corrected chi connectivity index (χ3v) is 3.88. The molecule has 24 heavy (non-hydrogen) atoms. The standard InChI is InChI=1S/C19H25N3O2/c1-4-8-17(23)13-20-19(24)12-11-18-14(2)21-22(15(18)3)16-9-6-5-7-10-16/h5-7,9-12,17,23H,4,8,13H2,1-3H3,(H,20,24)/b12-11+. The highest BCUT2D eigenvalue weighted by molar-refractivity contribution is 5.92. The van der Waals surface area contributed by atoms with E-state index in [-0.39, 0.29) is 12.5 Å². The molecular weight excluding hydrogens is 302 g/mol. The van der Waals surface area contributed by atoms with Gasteiger partial charge in [0.1, 0.15) is 0 Å². The summed E-state index contributed by atoms with van der Waals surface area (Å²) in [5, 5.41) is 16.9. The fourth-order valence-electron chi connectivity index (χ4n) is 2.59. The minimum absolute atomic E-state index is 0.212. The van der Waals surface area contributed by atoms with Crippen molar-refractivity contribution in [2.24, 2.45) is 0 Å². The molecule has 0 bridgehead atoms. The number of hydrogen-bond acceptors (Lipinski definition) is 3. The summed E-state index contributed by atoms with van der Waals surface area (Å²) in [5.41, 5.74) is 3.77. The van der Waals surface area contributed by atoms with Crippen molar-refractivity contribution >= 4 is 12.0 Å². The van der Waals surface area contributed by atoms with Crippen molar-refractivity contribution in [3.63, 3.8) is 0 Å². The molecule has 0 saturated carbocycles. The normalized spacial score (nSPS) is 12.5. The molecule has 0 aliphatic rings. The van der Waals surface area contributed by atoms with Gasteiger partial charge in [0.05, 0.1) is 17.5 Å². The van der Waals surface area contributed by atoms with E-state index < -0.39 is 6.10 Å². The number of nitrogens with zero attached hydrogens (tertiary/aromatic N) is 2. The van der Waals surface area contributed by atoms with Crippen molar-refractivity contribution < 1.29 is 9.90 Å². The number of aromatic nitrogens is 2. The second-order valence-electron chi connectivity index (χ2n) is 5.85. The summed E-state index contributed by atoms with van der Waals surface area (Å²) in [6.07, 6.45) is 4.36. The second kappa shape index (κ2) is 8.45. The van der Waals surface area contributed by atoms with Gasteiger partial charge in [-0.1, -0.05) is 31.5 Å². The number of aliphatic hydroxyl groups is 1. The number of para-hydroxylation sites is 1. The highest BCUT2D eigenvalue weighted by Gasteiger charge is 2.11. The van der Waals surface area contributed by atoms with Gasteiger partial charge in [-0.25, -0.2) is 4.68 Å². The molecule has 0 fully saturated rings. The first-order valence-corrected chi connectivity index (χ1v) is 8.28. The number of aliphatic hydroxyl groups excluding tert-OH is 1. The molecule has 1 heterocycles. The predicted octanol–water partition coefficient (Wildman–Crippen LogP) is 2.78. The lowest BCUT2D eigenvalue weighted by Gasteiger charge is -2.08. The maximum Gasteiger partial charge on any atom is 0.244 e. The Morgan fingerprint density at radius 3 is 2.71 bits per heavy atom. The van der Waals surface area contributed by atoms with Crippen LogP contribution >= 0.6 is 0 Å². The molecule has 0 radical (unpaired) electrons. The lowest BCUT2D eigenvalue weighted by atomic mass is 10.1. The Morgan fingerprint density at radius 2 is 2.04 bits per heavy atom. The van der Waals surface area contributed by atoms with Crippen LogP contribution in [0.15, 0.2) is 36.4 Å². The number of nitrogens with one attached hydrogen (secondary N) is 1. The second-order valence-corrected chi connectivity index (χ2v) is 5.85. The lowest BCUT2D eigenvalue weighted by Crippen LogP contribution is -2.30. The molecule has 0 spiro atoms. The number of hydrogen-bond donors (Lipinski definition) is 2. The monoisotopic (exact) mass is 327 g/mol. The van der Waals surface area contributed by atoms with Crippen LogP contribution in [0.1, 0.15) is 36.7 Å². The van der Waals surface area contributed by atoms with Gasteiger partial charge in [-0.05, 0) is 38.5 Å². The maximum absolute atomic E-state index is 11.9. The summed E-state index contributed by atoms with van der Waals surface area (Å²) in [6.45, 7) is 6.18. The summed E-state index contributed by atoms with van der Waals surface area (Å²) in [4.78, 5) is 11.9. The average Bonchev–Trinajstić information content (AvgIpc) is 2.86. The number of amides is 1. The molecule has 5 nitrogen and oxygen atoms in total. The highest BCUT2D eigenvalue weighted by Crippen LogP contribution is 2.18. The summed E-state index contributed by atoms with van der Waals surface area (Å²) in [7, 11) is 0. The Morgan fingerprint density at radius 1 is 1.33 bits per heavy atom. The number of benzene rings is 1. The Hall–Kier alpha value is -2.40. The van der Waals surface area contributed by atoms with Gasteiger partial charge in [-0.2, -0.15) is 5.10 Å². The largest absolute Gasteiger partial charge is 0.391 e. The van der Waals surface area contributed by atoms with E-state index in [0.29, 0.717) is 6.42 Å². The molecule has 2 rings (SSSR count). The molecule has 1 aromatic heterocycles. The SMILES string of the molecule is CCCC(O)CNC(=O)/C=C/c1c(C)nn(-c2ccccc2)c1C. The van der Waals surface area contributed by atoms with Crippen LogP contribution in [0, 0.1) is 13.8 Å². The zero-order valence-corrected chi connectivity index (χ0v) is 14.5. The summed E-state index contributed by atoms with van der Waals surface area (Å²) in [6, 6.07) is 9.89. The number of carbonyl (C=O) groups is 1. The van der Waals surface area contributed by atoms with Gasteiger partial charge in [-0.3, -0.25) is 4.79 Å². The zero-order valence-electron chi connectivity index (χ0n) is 14.5. The minimum Gasteiger partial charge on any atom is -0.391 e. The molecule has 2 aromatic rings. The van der Waals surface area contributed by atoms with Crippen LogP contribution in [-0.2, 0) is 4.79 Å². The van der Waals surface area contributed by atoms with E-state index in [1.807, 2.05) is 55.8 Å². The molecule has 2 N–H and O–H groups in total. The molecule has 0 aliphatic carbocycles. The average molecular weight is 327 g/mol. The first-order valence-electron chi connectivity index (χ1n) is 8.28. The molecule has 1 atom stereocenters. The topological polar surface area (TPSA) is 67.2 Å². The van der Waals surface area contributed by atoms with Crippen LogP contribution in [0.5, 0.6) is 0 Å². The minimum atomic E-state index is -0.489. The molecule has 0 aliphatic heterocycles. The van der Waals surface area contributed by atoms with E-state index in [1.54, 1.807) is 6.08 Å². The Bertz CT molecular complexity index is 705. The smallest absolute Gasteiger partial charge is 0.244 e. The van der Waals surface area contributed by atoms with Crippen LogP contribution < -0.4 is 5.32 Å². The van der Waals surface area contributed by atoms with Gasteiger partial charge in [0.15, 0.2) is 0 Å². The van der Waals surface area contributed by atoms with E-state index in [1.165, 1.54) is 6.08 Å². The van der Waals surface area contributed by atoms with Gasteiger partial charge >= 0.3 is 0 Å². The van der Waals surface area contributed by atoms with Gasteiger partial charge in [0, 0.05) is 23.9 Å². The van der Waals surface area contributed by atoms with Gasteiger partial charge in [-0.15, -0.1) is 0 Å². The van der Waals surface area contributed by atoms with Crippen molar-refractivity contribution in [2.75, 3.05) is 6.54 Å². The van der Waals surface area contributed by atoms with Crippen molar-refractivity contribution in [1.82, 2.24) is 15.1 Å². The van der Waals surface area contributed by atoms with Crippen LogP contribution in [0.4, 0.5) is 0 Å². The van der Waals surface area contributed by atoms with E-state index in [2.05, 4.69) is 10.4 Å². The highest BCUT2D eigenvalue weighted by atomic mass is 16.3. The third-order valence-electron chi connectivity index (χ3n) is 3.88. The van der Waals surface area contributed by atoms with Crippen LogP contribution in [0.3, 0.4) is 0 Å². The fourth-order valence-corrected chi connectivity index (χ4v) is 2.59. The molecule has 1 unspecified atom stereocenters. The van der Waals surface area contributed by atoms with Crippen molar-refractivity contribution in [1.29, 1.82) is 0 Å². The zero-order chi connectivity index (χ0) is 17.5. The van der Waals surface area contributed by atoms with Crippen LogP contribution in [0.25, 0.3) is 11.8 Å². The first kappa shape index (κ1) is 17.9. The quantitative estimate of drug-likeness (QED) is 0.769. The molecule has 0 saturated heterocycles. The first-order chi connectivity index (χ1) is 11.5. The Labute approximate surface area is 143 Å². The summed E-state index contributed by atoms with van der Waals surface area (Å²) < 4.78 is 1.87. The fraction of sp³-hybridized carbons (Fsp3) is 0.368. The lowest BCUT2D eigenvalue weighted by molar-refractivity contribution is -0.116. The van der Waals surface area contributed by atoms with E-state index >= 15 is 0 Å². The Balaban J connectivity index is 2.07. The van der Waals surface area contributed by atoms with Crippen LogP contribution in [0.2, 0.25) is 0 Å². The van der Waals surface area contributed by atoms with Crippen molar-refractivity contribution in [3.8, 4) is 5.69 Å². The molecule has 128 valence electrons. The Kier molecular flexibility index (Phi) is 6.32. The molecule has 5 heteroatoms. The predicted molar refractivity (Wildman–Crippen MR) is 96.0 cm³/mol. The van der Waals surface area contributed by atoms with Crippen molar-refractivity contribution in [2.45, 2.75) is 39.7 Å². The maximum atomic E-state index is 11.9. The van der Waals surface area contributed by atoms with Gasteiger partial charge < -0.3 is 10.4 Å². The van der Waals surface area contributed by atoms with Gasteiger partial charge in [0.25, 0.3) is 0 Å². The molecule has 1 amide bonds. The molecular formula is C19H25N3O2. The van der Waals surface area contributed by atoms with Gasteiger partial charge in [0.2, 0.25) is 5.91 Å². The number of rotatable bonds is 7. The van der Waals surface area contributed by atoms with E-state index in [9.17, 15) is 9.90 Å². The number of carbonyl (C=O) groups excluding carboxylic acids is 1. The molecule has 1 aromatic carbocycles. The van der Waals surface area contributed by atoms with E-state index in [0.717, 1.165) is 29.1 Å². The van der Waals surface area contributed by atoms with Crippen LogP contribution in [-0.4, -0.2) is 33.4 Å². The van der Waals surface area contributed by atoms with E-state index in [4.69, 9.17) is 0 Å². The van der Waals surface area contributed by atoms with Crippen molar-refractivity contribution in [3.05, 3.63) is 53.4 Å². The summed E-state index contributed by atoms with van der Waals surface area (Å²) in [5.74, 6) is -0.212. The third kappa shape index (κ3) is 4.55. The summed E-state index contributed by atoms with van der Waals surface area (Å²) >= 11 is 0. The number of aryl methyl sites for hydroxylation is 1.